The molecule has 174 valence electrons. The van der Waals surface area contributed by atoms with Crippen LogP contribution in [0.25, 0.3) is 6.08 Å². The summed E-state index contributed by atoms with van der Waals surface area (Å²) in [5.41, 5.74) is 2.20. The fourth-order valence-corrected chi connectivity index (χ4v) is 4.80. The number of rotatable bonds is 9. The Kier molecular flexibility index (Phi) is 8.87. The van der Waals surface area contributed by atoms with Crippen molar-refractivity contribution >= 4 is 34.4 Å². The molecule has 8 nitrogen and oxygen atoms in total. The van der Waals surface area contributed by atoms with Crippen LogP contribution in [0.4, 0.5) is 9.80 Å². The topological polar surface area (TPSA) is 110 Å². The number of para-hydroxylation sites is 1. The van der Waals surface area contributed by atoms with Crippen LogP contribution in [0.2, 0.25) is 0 Å². The third-order valence-electron chi connectivity index (χ3n) is 5.05. The van der Waals surface area contributed by atoms with Crippen LogP contribution in [0.5, 0.6) is 5.75 Å². The van der Waals surface area contributed by atoms with Crippen molar-refractivity contribution in [1.29, 1.82) is 5.26 Å². The number of nitrogens with zero attached hydrogens (tertiary/aromatic N) is 1. The molecule has 0 saturated carbocycles. The highest BCUT2D eigenvalue weighted by Crippen LogP contribution is 2.38. The van der Waals surface area contributed by atoms with Crippen molar-refractivity contribution in [1.82, 2.24) is 5.32 Å². The SMILES string of the molecule is CCOc1ccccc1/C=C/C(=O)Nc1sc2c(c1C#N)CCC(OC(=O)NCCOC)C2. The maximum absolute atomic E-state index is 12.5. The Balaban J connectivity index is 1.65. The minimum absolute atomic E-state index is 0.274. The predicted molar refractivity (Wildman–Crippen MR) is 126 cm³/mol. The molecular weight excluding hydrogens is 442 g/mol. The van der Waals surface area contributed by atoms with Gasteiger partial charge in [-0.1, -0.05) is 18.2 Å². The summed E-state index contributed by atoms with van der Waals surface area (Å²) in [4.78, 5) is 25.4. The number of alkyl carbamates (subject to hydrolysis) is 1. The average molecular weight is 470 g/mol. The Morgan fingerprint density at radius 2 is 2.15 bits per heavy atom. The summed E-state index contributed by atoms with van der Waals surface area (Å²) in [5, 5.41) is 15.7. The van der Waals surface area contributed by atoms with Crippen molar-refractivity contribution in [3.8, 4) is 11.8 Å². The maximum atomic E-state index is 12.5. The number of thiophene rings is 1. The predicted octanol–water partition coefficient (Wildman–Crippen LogP) is 3.90. The van der Waals surface area contributed by atoms with Gasteiger partial charge >= 0.3 is 6.09 Å². The van der Waals surface area contributed by atoms with E-state index in [2.05, 4.69) is 16.7 Å². The first-order valence-corrected chi connectivity index (χ1v) is 11.6. The Morgan fingerprint density at radius 1 is 1.33 bits per heavy atom. The second-order valence-corrected chi connectivity index (χ2v) is 8.41. The highest BCUT2D eigenvalue weighted by molar-refractivity contribution is 7.16. The Bertz CT molecular complexity index is 1060. The van der Waals surface area contributed by atoms with Crippen LogP contribution in [0.3, 0.4) is 0 Å². The highest BCUT2D eigenvalue weighted by Gasteiger charge is 2.28. The lowest BCUT2D eigenvalue weighted by Gasteiger charge is -2.22. The molecule has 0 fully saturated rings. The number of ether oxygens (including phenoxy) is 3. The lowest BCUT2D eigenvalue weighted by atomic mass is 9.94. The molecule has 1 aromatic carbocycles. The summed E-state index contributed by atoms with van der Waals surface area (Å²) in [6.07, 6.45) is 4.10. The molecule has 3 rings (SSSR count). The van der Waals surface area contributed by atoms with Crippen LogP contribution >= 0.6 is 11.3 Å². The molecule has 1 aliphatic rings. The average Bonchev–Trinajstić information content (AvgIpc) is 3.14. The number of nitrogens with one attached hydrogen (secondary N) is 2. The molecule has 2 amide bonds. The van der Waals surface area contributed by atoms with E-state index in [0.717, 1.165) is 16.0 Å². The van der Waals surface area contributed by atoms with E-state index in [4.69, 9.17) is 14.2 Å². The van der Waals surface area contributed by atoms with Gasteiger partial charge in [-0.15, -0.1) is 11.3 Å². The second kappa shape index (κ2) is 12.0. The number of amides is 2. The van der Waals surface area contributed by atoms with E-state index in [-0.39, 0.29) is 12.0 Å². The van der Waals surface area contributed by atoms with E-state index in [1.165, 1.54) is 17.4 Å². The van der Waals surface area contributed by atoms with Crippen LogP contribution in [-0.4, -0.2) is 45.0 Å². The first-order chi connectivity index (χ1) is 16.0. The zero-order valence-electron chi connectivity index (χ0n) is 18.7. The molecule has 0 spiro atoms. The van der Waals surface area contributed by atoms with Gasteiger partial charge in [-0.2, -0.15) is 5.26 Å². The van der Waals surface area contributed by atoms with E-state index in [1.54, 1.807) is 13.2 Å². The summed E-state index contributed by atoms with van der Waals surface area (Å²) < 4.78 is 16.0. The van der Waals surface area contributed by atoms with Crippen molar-refractivity contribution in [2.75, 3.05) is 32.2 Å². The molecule has 1 heterocycles. The molecule has 2 N–H and O–H groups in total. The van der Waals surface area contributed by atoms with Gasteiger partial charge in [-0.05, 0) is 37.5 Å². The zero-order chi connectivity index (χ0) is 23.6. The van der Waals surface area contributed by atoms with Gasteiger partial charge in [0.15, 0.2) is 0 Å². The number of hydrogen-bond donors (Lipinski definition) is 2. The van der Waals surface area contributed by atoms with Crippen molar-refractivity contribution < 1.29 is 23.8 Å². The van der Waals surface area contributed by atoms with Gasteiger partial charge in [0.1, 0.15) is 22.9 Å². The molecule has 1 unspecified atom stereocenters. The fraction of sp³-hybridized carbons (Fsp3) is 0.375. The Morgan fingerprint density at radius 3 is 2.91 bits per heavy atom. The van der Waals surface area contributed by atoms with Gasteiger partial charge < -0.3 is 24.8 Å². The van der Waals surface area contributed by atoms with Crippen molar-refractivity contribution in [2.24, 2.45) is 0 Å². The number of fused-ring (bicyclic) bond motifs is 1. The van der Waals surface area contributed by atoms with Gasteiger partial charge in [-0.3, -0.25) is 4.79 Å². The molecule has 1 aromatic heterocycles. The summed E-state index contributed by atoms with van der Waals surface area (Å²) >= 11 is 1.36. The summed E-state index contributed by atoms with van der Waals surface area (Å²) in [6, 6.07) is 9.67. The van der Waals surface area contributed by atoms with Crippen LogP contribution < -0.4 is 15.4 Å². The summed E-state index contributed by atoms with van der Waals surface area (Å²) in [7, 11) is 1.56. The third-order valence-corrected chi connectivity index (χ3v) is 6.22. The number of nitriles is 1. The Hall–Kier alpha value is -3.35. The lowest BCUT2D eigenvalue weighted by Crippen LogP contribution is -2.33. The van der Waals surface area contributed by atoms with E-state index < -0.39 is 6.09 Å². The zero-order valence-corrected chi connectivity index (χ0v) is 19.5. The summed E-state index contributed by atoms with van der Waals surface area (Å²) in [6.45, 7) is 3.22. The highest BCUT2D eigenvalue weighted by atomic mass is 32.1. The van der Waals surface area contributed by atoms with Gasteiger partial charge in [0.25, 0.3) is 0 Å². The molecular formula is C24H27N3O5S. The molecule has 9 heteroatoms. The quantitative estimate of drug-likeness (QED) is 0.426. The molecule has 0 saturated heterocycles. The number of benzene rings is 1. The van der Waals surface area contributed by atoms with Crippen LogP contribution in [0, 0.1) is 11.3 Å². The van der Waals surface area contributed by atoms with Crippen LogP contribution in [0.1, 0.15) is 34.9 Å². The number of methoxy groups -OCH3 is 1. The normalized spacial score (nSPS) is 14.9. The molecule has 1 atom stereocenters. The minimum Gasteiger partial charge on any atom is -0.493 e. The van der Waals surface area contributed by atoms with Crippen molar-refractivity contribution in [3.63, 3.8) is 0 Å². The number of hydrogen-bond acceptors (Lipinski definition) is 7. The van der Waals surface area contributed by atoms with Crippen LogP contribution in [-0.2, 0) is 27.1 Å². The molecule has 0 aliphatic heterocycles. The minimum atomic E-state index is -0.483. The standard InChI is InChI=1S/C24H27N3O5S/c1-3-31-20-7-5-4-6-16(20)8-11-22(28)27-23-19(15-25)18-10-9-17(14-21(18)33-23)32-24(29)26-12-13-30-2/h4-8,11,17H,3,9-10,12-14H2,1-2H3,(H,26,29)(H,27,28)/b11-8+. The third kappa shape index (κ3) is 6.57. The van der Waals surface area contributed by atoms with Crippen LogP contribution in [0.15, 0.2) is 30.3 Å². The Labute approximate surface area is 197 Å². The molecule has 0 bridgehead atoms. The first-order valence-electron chi connectivity index (χ1n) is 10.7. The van der Waals surface area contributed by atoms with Gasteiger partial charge in [0, 0.05) is 36.6 Å². The number of anilines is 1. The van der Waals surface area contributed by atoms with Crippen molar-refractivity contribution in [2.45, 2.75) is 32.3 Å². The molecule has 0 radical (unpaired) electrons. The molecule has 33 heavy (non-hydrogen) atoms. The van der Waals surface area contributed by atoms with Gasteiger partial charge in [-0.25, -0.2) is 4.79 Å². The second-order valence-electron chi connectivity index (χ2n) is 7.30. The lowest BCUT2D eigenvalue weighted by molar-refractivity contribution is -0.111. The smallest absolute Gasteiger partial charge is 0.407 e. The number of carbonyl (C=O) groups excluding carboxylic acids is 2. The van der Waals surface area contributed by atoms with E-state index in [1.807, 2.05) is 31.2 Å². The largest absolute Gasteiger partial charge is 0.493 e. The fourth-order valence-electron chi connectivity index (χ4n) is 3.54. The van der Waals surface area contributed by atoms with Crippen molar-refractivity contribution in [3.05, 3.63) is 51.9 Å². The molecule has 2 aromatic rings. The van der Waals surface area contributed by atoms with Gasteiger partial charge in [0.05, 0.1) is 18.8 Å². The first kappa shape index (κ1) is 24.3. The van der Waals surface area contributed by atoms with Gasteiger partial charge in [0.2, 0.25) is 5.91 Å². The maximum Gasteiger partial charge on any atom is 0.407 e. The summed E-state index contributed by atoms with van der Waals surface area (Å²) in [5.74, 6) is 0.368. The van der Waals surface area contributed by atoms with E-state index in [0.29, 0.717) is 55.3 Å². The number of carbonyl (C=O) groups is 2. The van der Waals surface area contributed by atoms with E-state index >= 15 is 0 Å². The van der Waals surface area contributed by atoms with E-state index in [9.17, 15) is 14.9 Å². The molecule has 1 aliphatic carbocycles. The monoisotopic (exact) mass is 469 g/mol.